The predicted molar refractivity (Wildman–Crippen MR) is 72.9 cm³/mol. The summed E-state index contributed by atoms with van der Waals surface area (Å²) in [4.78, 5) is 11.4. The van der Waals surface area contributed by atoms with E-state index in [2.05, 4.69) is 40.1 Å². The normalized spacial score (nSPS) is 11.0. The van der Waals surface area contributed by atoms with Crippen LogP contribution in [0, 0.1) is 6.92 Å². The average molecular weight is 258 g/mol. The molecule has 0 bridgehead atoms. The van der Waals surface area contributed by atoms with Crippen molar-refractivity contribution >= 4 is 22.6 Å². The molecule has 0 spiro atoms. The Balaban J connectivity index is 2.01. The van der Waals surface area contributed by atoms with Gasteiger partial charge in [0.25, 0.3) is 0 Å². The number of aryl methyl sites for hydroxylation is 1. The molecule has 0 aliphatic rings. The molecule has 90 valence electrons. The van der Waals surface area contributed by atoms with Crippen molar-refractivity contribution in [2.75, 3.05) is 0 Å². The van der Waals surface area contributed by atoms with Gasteiger partial charge in [0.15, 0.2) is 0 Å². The third-order valence-corrected chi connectivity index (χ3v) is 3.38. The minimum absolute atomic E-state index is 0.493. The number of nitrogens with zero attached hydrogens (tertiary/aromatic N) is 2. The Kier molecular flexibility index (Phi) is 2.76. The second-order valence-electron chi connectivity index (χ2n) is 4.32. The Labute approximate surface area is 110 Å². The molecule has 3 nitrogen and oxygen atoms in total. The van der Waals surface area contributed by atoms with Crippen molar-refractivity contribution in [3.8, 4) is 0 Å². The zero-order chi connectivity index (χ0) is 12.5. The van der Waals surface area contributed by atoms with E-state index in [1.54, 1.807) is 0 Å². The third kappa shape index (κ3) is 1.97. The molecular weight excluding hydrogens is 246 g/mol. The zero-order valence-corrected chi connectivity index (χ0v) is 10.7. The first-order chi connectivity index (χ1) is 8.74. The molecule has 0 aliphatic heterocycles. The van der Waals surface area contributed by atoms with Gasteiger partial charge in [0.2, 0.25) is 0 Å². The molecule has 0 fully saturated rings. The molecule has 1 aromatic carbocycles. The first kappa shape index (κ1) is 11.2. The van der Waals surface area contributed by atoms with Crippen molar-refractivity contribution in [3.63, 3.8) is 0 Å². The standard InChI is InChI=1S/C14H12ClN3/c1-9-4-2-3-5-10(9)6-11-7-12-13(15)16-8-17-14(12)18-11/h2-5,7-8H,6H2,1H3,(H,16,17,18). The first-order valence-corrected chi connectivity index (χ1v) is 6.14. The lowest BCUT2D eigenvalue weighted by molar-refractivity contribution is 1.09. The molecule has 4 heteroatoms. The SMILES string of the molecule is Cc1ccccc1Cc1cc2c(Cl)ncnc2[nH]1. The molecule has 18 heavy (non-hydrogen) atoms. The number of fused-ring (bicyclic) bond motifs is 1. The smallest absolute Gasteiger partial charge is 0.142 e. The summed E-state index contributed by atoms with van der Waals surface area (Å²) in [6.45, 7) is 2.12. The topological polar surface area (TPSA) is 41.6 Å². The highest BCUT2D eigenvalue weighted by Gasteiger charge is 2.07. The van der Waals surface area contributed by atoms with Gasteiger partial charge in [0, 0.05) is 12.1 Å². The van der Waals surface area contributed by atoms with E-state index in [9.17, 15) is 0 Å². The van der Waals surface area contributed by atoms with Gasteiger partial charge in [-0.25, -0.2) is 9.97 Å². The average Bonchev–Trinajstić information content (AvgIpc) is 2.76. The first-order valence-electron chi connectivity index (χ1n) is 5.76. The summed E-state index contributed by atoms with van der Waals surface area (Å²) >= 11 is 6.03. The Morgan fingerprint density at radius 3 is 2.83 bits per heavy atom. The third-order valence-electron chi connectivity index (χ3n) is 3.07. The van der Waals surface area contributed by atoms with Gasteiger partial charge < -0.3 is 4.98 Å². The van der Waals surface area contributed by atoms with E-state index in [1.165, 1.54) is 17.5 Å². The maximum atomic E-state index is 6.03. The zero-order valence-electron chi connectivity index (χ0n) is 9.94. The Morgan fingerprint density at radius 1 is 1.22 bits per heavy atom. The molecule has 0 saturated heterocycles. The van der Waals surface area contributed by atoms with Crippen LogP contribution in [-0.2, 0) is 6.42 Å². The fraction of sp³-hybridized carbons (Fsp3) is 0.143. The summed E-state index contributed by atoms with van der Waals surface area (Å²) in [5.74, 6) is 0. The maximum Gasteiger partial charge on any atom is 0.142 e. The van der Waals surface area contributed by atoms with Crippen molar-refractivity contribution in [2.24, 2.45) is 0 Å². The molecule has 0 atom stereocenters. The minimum Gasteiger partial charge on any atom is -0.343 e. The van der Waals surface area contributed by atoms with Crippen LogP contribution in [0.4, 0.5) is 0 Å². The van der Waals surface area contributed by atoms with Crippen molar-refractivity contribution < 1.29 is 0 Å². The second-order valence-corrected chi connectivity index (χ2v) is 4.68. The molecule has 0 amide bonds. The number of rotatable bonds is 2. The summed E-state index contributed by atoms with van der Waals surface area (Å²) in [7, 11) is 0. The van der Waals surface area contributed by atoms with Crippen LogP contribution in [-0.4, -0.2) is 15.0 Å². The van der Waals surface area contributed by atoms with Crippen LogP contribution < -0.4 is 0 Å². The van der Waals surface area contributed by atoms with Gasteiger partial charge in [-0.05, 0) is 24.1 Å². The van der Waals surface area contributed by atoms with Gasteiger partial charge in [-0.1, -0.05) is 35.9 Å². The van der Waals surface area contributed by atoms with E-state index in [1.807, 2.05) is 12.1 Å². The summed E-state index contributed by atoms with van der Waals surface area (Å²) in [5, 5.41) is 1.37. The number of H-pyrrole nitrogens is 1. The Bertz CT molecular complexity index is 703. The number of nitrogens with one attached hydrogen (secondary N) is 1. The number of hydrogen-bond donors (Lipinski definition) is 1. The maximum absolute atomic E-state index is 6.03. The van der Waals surface area contributed by atoms with Crippen molar-refractivity contribution in [1.29, 1.82) is 0 Å². The quantitative estimate of drug-likeness (QED) is 0.714. The van der Waals surface area contributed by atoms with Crippen LogP contribution in [0.1, 0.15) is 16.8 Å². The van der Waals surface area contributed by atoms with Gasteiger partial charge in [-0.2, -0.15) is 0 Å². The Morgan fingerprint density at radius 2 is 2.06 bits per heavy atom. The van der Waals surface area contributed by atoms with Gasteiger partial charge >= 0.3 is 0 Å². The summed E-state index contributed by atoms with van der Waals surface area (Å²) < 4.78 is 0. The molecule has 0 aliphatic carbocycles. The van der Waals surface area contributed by atoms with E-state index in [0.29, 0.717) is 5.15 Å². The number of halogens is 1. The molecule has 0 radical (unpaired) electrons. The van der Waals surface area contributed by atoms with E-state index in [0.717, 1.165) is 23.1 Å². The molecule has 2 aromatic heterocycles. The van der Waals surface area contributed by atoms with Crippen LogP contribution in [0.25, 0.3) is 11.0 Å². The number of aromatic nitrogens is 3. The fourth-order valence-corrected chi connectivity index (χ4v) is 2.26. The molecule has 1 N–H and O–H groups in total. The fourth-order valence-electron chi connectivity index (χ4n) is 2.07. The lowest BCUT2D eigenvalue weighted by Crippen LogP contribution is -1.91. The van der Waals surface area contributed by atoms with Gasteiger partial charge in [0.05, 0.1) is 5.39 Å². The summed E-state index contributed by atoms with van der Waals surface area (Å²) in [5.41, 5.74) is 4.47. The van der Waals surface area contributed by atoms with Crippen LogP contribution in [0.2, 0.25) is 5.15 Å². The highest BCUT2D eigenvalue weighted by molar-refractivity contribution is 6.33. The largest absolute Gasteiger partial charge is 0.343 e. The predicted octanol–water partition coefficient (Wildman–Crippen LogP) is 3.51. The van der Waals surface area contributed by atoms with Crippen molar-refractivity contribution in [1.82, 2.24) is 15.0 Å². The lowest BCUT2D eigenvalue weighted by atomic mass is 10.0. The highest BCUT2D eigenvalue weighted by atomic mass is 35.5. The van der Waals surface area contributed by atoms with E-state index in [4.69, 9.17) is 11.6 Å². The van der Waals surface area contributed by atoms with Crippen LogP contribution in [0.3, 0.4) is 0 Å². The van der Waals surface area contributed by atoms with Gasteiger partial charge in [0.1, 0.15) is 17.1 Å². The van der Waals surface area contributed by atoms with Crippen molar-refractivity contribution in [3.05, 3.63) is 58.6 Å². The number of aromatic amines is 1. The minimum atomic E-state index is 0.493. The molecule has 2 heterocycles. The molecule has 0 unspecified atom stereocenters. The molecule has 0 saturated carbocycles. The summed E-state index contributed by atoms with van der Waals surface area (Å²) in [6.07, 6.45) is 2.32. The van der Waals surface area contributed by atoms with Crippen LogP contribution in [0.5, 0.6) is 0 Å². The van der Waals surface area contributed by atoms with E-state index in [-0.39, 0.29) is 0 Å². The van der Waals surface area contributed by atoms with Gasteiger partial charge in [-0.15, -0.1) is 0 Å². The second kappa shape index (κ2) is 4.42. The Hall–Kier alpha value is -1.87. The monoisotopic (exact) mass is 257 g/mol. The highest BCUT2D eigenvalue weighted by Crippen LogP contribution is 2.22. The number of benzene rings is 1. The molecular formula is C14H12ClN3. The van der Waals surface area contributed by atoms with Crippen LogP contribution in [0.15, 0.2) is 36.7 Å². The number of hydrogen-bond acceptors (Lipinski definition) is 2. The van der Waals surface area contributed by atoms with Crippen LogP contribution >= 0.6 is 11.6 Å². The molecule has 3 aromatic rings. The lowest BCUT2D eigenvalue weighted by Gasteiger charge is -2.02. The van der Waals surface area contributed by atoms with E-state index < -0.39 is 0 Å². The molecule has 3 rings (SSSR count). The van der Waals surface area contributed by atoms with Gasteiger partial charge in [-0.3, -0.25) is 0 Å². The van der Waals surface area contributed by atoms with Crippen molar-refractivity contribution in [2.45, 2.75) is 13.3 Å². The summed E-state index contributed by atoms with van der Waals surface area (Å²) in [6, 6.07) is 10.4. The van der Waals surface area contributed by atoms with E-state index >= 15 is 0 Å².